The van der Waals surface area contributed by atoms with Crippen LogP contribution in [0.2, 0.25) is 10.0 Å². The highest BCUT2D eigenvalue weighted by atomic mass is 79.9. The van der Waals surface area contributed by atoms with Crippen molar-refractivity contribution in [1.29, 1.82) is 0 Å². The molecule has 0 radical (unpaired) electrons. The molecule has 164 valence electrons. The fraction of sp³-hybridized carbons (Fsp3) is 0.300. The summed E-state index contributed by atoms with van der Waals surface area (Å²) in [7, 11) is 0. The molecule has 1 aliphatic rings. The van der Waals surface area contributed by atoms with E-state index in [0.717, 1.165) is 50.8 Å². The van der Waals surface area contributed by atoms with Crippen molar-refractivity contribution in [2.75, 3.05) is 24.5 Å². The molecule has 31 heavy (non-hydrogen) atoms. The maximum atomic E-state index is 6.18. The normalized spacial score (nSPS) is 16.6. The molecule has 1 unspecified atom stereocenters. The zero-order valence-corrected chi connectivity index (χ0v) is 22.1. The smallest absolute Gasteiger partial charge is 0.298 e. The molecule has 1 fully saturated rings. The Morgan fingerprint density at radius 2 is 1.90 bits per heavy atom. The van der Waals surface area contributed by atoms with Crippen LogP contribution in [0, 0.1) is 11.8 Å². The average Bonchev–Trinajstić information content (AvgIpc) is 3.31. The van der Waals surface area contributed by atoms with Crippen LogP contribution < -0.4 is 10.2 Å². The number of aromatic nitrogens is 2. The molecule has 1 aliphatic heterocycles. The van der Waals surface area contributed by atoms with Gasteiger partial charge in [0.1, 0.15) is 5.52 Å². The summed E-state index contributed by atoms with van der Waals surface area (Å²) < 4.78 is 12.8. The summed E-state index contributed by atoms with van der Waals surface area (Å²) in [6.07, 6.45) is 0. The predicted molar refractivity (Wildman–Crippen MR) is 135 cm³/mol. The molecular formula is C20H18Br2Cl2N4O2S. The highest BCUT2D eigenvalue weighted by Gasteiger charge is 2.24. The Bertz CT molecular complexity index is 1320. The number of anilines is 1. The van der Waals surface area contributed by atoms with Gasteiger partial charge in [-0.15, -0.1) is 0 Å². The topological polar surface area (TPSA) is 70.2 Å². The lowest BCUT2D eigenvalue weighted by atomic mass is 10.2. The summed E-state index contributed by atoms with van der Waals surface area (Å²) in [4.78, 5) is 10.0. The Morgan fingerprint density at radius 3 is 2.65 bits per heavy atom. The largest absolute Gasteiger partial charge is 0.428 e. The van der Waals surface area contributed by atoms with Crippen molar-refractivity contribution in [2.45, 2.75) is 19.9 Å². The molecular weight excluding hydrogens is 591 g/mol. The van der Waals surface area contributed by atoms with Gasteiger partial charge in [-0.25, -0.2) is 0 Å². The molecule has 11 heteroatoms. The fourth-order valence-corrected chi connectivity index (χ4v) is 5.27. The van der Waals surface area contributed by atoms with Crippen LogP contribution in [0.15, 0.2) is 36.0 Å². The van der Waals surface area contributed by atoms with Crippen molar-refractivity contribution >= 4 is 95.5 Å². The van der Waals surface area contributed by atoms with Crippen molar-refractivity contribution in [3.05, 3.63) is 47.6 Å². The number of nitrogens with one attached hydrogen (secondary N) is 2. The number of benzene rings is 2. The number of hydrogen-bond acceptors (Lipinski definition) is 6. The van der Waals surface area contributed by atoms with Crippen molar-refractivity contribution in [1.82, 2.24) is 15.3 Å². The van der Waals surface area contributed by atoms with Gasteiger partial charge in [-0.05, 0) is 81.7 Å². The number of halogens is 4. The molecule has 2 aromatic heterocycles. The molecule has 4 aromatic rings. The van der Waals surface area contributed by atoms with Crippen LogP contribution in [0.3, 0.4) is 0 Å². The Labute approximate surface area is 210 Å². The predicted octanol–water partition coefficient (Wildman–Crippen LogP) is 7.26. The van der Waals surface area contributed by atoms with Crippen LogP contribution in [0.5, 0.6) is 0 Å². The van der Waals surface area contributed by atoms with Crippen molar-refractivity contribution in [3.8, 4) is 0 Å². The second-order valence-corrected chi connectivity index (χ2v) is 10.1. The molecule has 0 aliphatic carbocycles. The van der Waals surface area contributed by atoms with E-state index in [1.807, 2.05) is 13.0 Å². The zero-order chi connectivity index (χ0) is 22.3. The van der Waals surface area contributed by atoms with Crippen LogP contribution in [-0.2, 0) is 0 Å². The van der Waals surface area contributed by atoms with E-state index in [9.17, 15) is 0 Å². The number of piperazine rings is 1. The summed E-state index contributed by atoms with van der Waals surface area (Å²) in [5.41, 5.74) is 4.06. The van der Waals surface area contributed by atoms with E-state index in [0.29, 0.717) is 32.5 Å². The maximum Gasteiger partial charge on any atom is 0.298 e. The number of H-pyrrole nitrogens is 1. The minimum absolute atomic E-state index is 0.355. The molecule has 3 heterocycles. The van der Waals surface area contributed by atoms with Crippen molar-refractivity contribution < 1.29 is 8.83 Å². The first-order chi connectivity index (χ1) is 14.7. The Hall–Kier alpha value is -1.10. The minimum atomic E-state index is 0.355. The number of aryl methyl sites for hydroxylation is 1. The highest BCUT2D eigenvalue weighted by Crippen LogP contribution is 2.35. The van der Waals surface area contributed by atoms with Crippen LogP contribution >= 0.6 is 67.3 Å². The van der Waals surface area contributed by atoms with Gasteiger partial charge in [-0.2, -0.15) is 4.98 Å². The molecule has 0 amide bonds. The van der Waals surface area contributed by atoms with Gasteiger partial charge in [0.15, 0.2) is 11.2 Å². The second-order valence-electron chi connectivity index (χ2n) is 7.16. The maximum absolute atomic E-state index is 6.18. The van der Waals surface area contributed by atoms with Gasteiger partial charge < -0.3 is 24.0 Å². The molecule has 5 rings (SSSR count). The van der Waals surface area contributed by atoms with Gasteiger partial charge in [0, 0.05) is 35.7 Å². The monoisotopic (exact) mass is 606 g/mol. The lowest BCUT2D eigenvalue weighted by molar-refractivity contribution is 0.456. The molecule has 2 aromatic carbocycles. The van der Waals surface area contributed by atoms with E-state index in [4.69, 9.17) is 44.3 Å². The molecule has 1 saturated heterocycles. The number of fused-ring (bicyclic) bond motifs is 2. The van der Waals surface area contributed by atoms with Gasteiger partial charge in [-0.1, -0.05) is 23.2 Å². The van der Waals surface area contributed by atoms with E-state index >= 15 is 0 Å². The second kappa shape index (κ2) is 9.41. The Kier molecular flexibility index (Phi) is 7.00. The first-order valence-electron chi connectivity index (χ1n) is 9.45. The number of nitrogens with zero attached hydrogens (tertiary/aromatic N) is 2. The third kappa shape index (κ3) is 4.82. The SMILES string of the molecule is Cc1c(Cl)cc(Br)c2oc(N3CCNCC3C)nc12.S=c1[nH]c2cc(Cl)cc(Br)c2o1. The third-order valence-electron chi connectivity index (χ3n) is 4.99. The van der Waals surface area contributed by atoms with Gasteiger partial charge in [0.25, 0.3) is 10.9 Å². The van der Waals surface area contributed by atoms with Crippen LogP contribution in [0.4, 0.5) is 6.01 Å². The summed E-state index contributed by atoms with van der Waals surface area (Å²) >= 11 is 23.6. The molecule has 0 spiro atoms. The van der Waals surface area contributed by atoms with Gasteiger partial charge in [-0.3, -0.25) is 0 Å². The van der Waals surface area contributed by atoms with Gasteiger partial charge in [0.2, 0.25) is 0 Å². The summed E-state index contributed by atoms with van der Waals surface area (Å²) in [5, 5.41) is 4.70. The van der Waals surface area contributed by atoms with Crippen LogP contribution in [0.25, 0.3) is 22.2 Å². The number of aromatic amines is 1. The van der Waals surface area contributed by atoms with Crippen LogP contribution in [-0.4, -0.2) is 35.6 Å². The fourth-order valence-electron chi connectivity index (χ4n) is 3.36. The van der Waals surface area contributed by atoms with Crippen molar-refractivity contribution in [3.63, 3.8) is 0 Å². The summed E-state index contributed by atoms with van der Waals surface area (Å²) in [6.45, 7) is 6.92. The van der Waals surface area contributed by atoms with E-state index in [1.165, 1.54) is 0 Å². The summed E-state index contributed by atoms with van der Waals surface area (Å²) in [5.74, 6) is 0. The van der Waals surface area contributed by atoms with Gasteiger partial charge in [0.05, 0.1) is 14.5 Å². The quantitative estimate of drug-likeness (QED) is 0.222. The van der Waals surface area contributed by atoms with E-state index < -0.39 is 0 Å². The van der Waals surface area contributed by atoms with E-state index in [-0.39, 0.29) is 0 Å². The summed E-state index contributed by atoms with van der Waals surface area (Å²) in [6, 6.07) is 6.43. The standard InChI is InChI=1S/C13H15BrClN3O.C7H3BrClNOS/c1-7-6-16-3-4-18(7)13-17-11-8(2)10(15)5-9(14)12(11)19-13;8-4-1-3(9)2-5-6(4)11-7(12)10-5/h5,7,16H,3-4,6H2,1-2H3;1-2H,(H,10,12). The lowest BCUT2D eigenvalue weighted by Crippen LogP contribution is -2.50. The van der Waals surface area contributed by atoms with Crippen molar-refractivity contribution in [2.24, 2.45) is 0 Å². The first kappa shape index (κ1) is 23.1. The minimum Gasteiger partial charge on any atom is -0.428 e. The zero-order valence-electron chi connectivity index (χ0n) is 16.6. The van der Waals surface area contributed by atoms with Crippen LogP contribution in [0.1, 0.15) is 12.5 Å². The van der Waals surface area contributed by atoms with E-state index in [2.05, 4.69) is 59.0 Å². The average molecular weight is 609 g/mol. The lowest BCUT2D eigenvalue weighted by Gasteiger charge is -2.32. The van der Waals surface area contributed by atoms with Gasteiger partial charge >= 0.3 is 0 Å². The molecule has 2 N–H and O–H groups in total. The number of hydrogen-bond donors (Lipinski definition) is 2. The Morgan fingerprint density at radius 1 is 1.16 bits per heavy atom. The third-order valence-corrected chi connectivity index (χ3v) is 6.96. The number of oxazole rings is 2. The molecule has 0 bridgehead atoms. The molecule has 0 saturated carbocycles. The first-order valence-corrected chi connectivity index (χ1v) is 12.2. The molecule has 6 nitrogen and oxygen atoms in total. The molecule has 1 atom stereocenters. The number of rotatable bonds is 1. The highest BCUT2D eigenvalue weighted by molar-refractivity contribution is 9.11. The van der Waals surface area contributed by atoms with E-state index in [1.54, 1.807) is 12.1 Å². The Balaban J connectivity index is 0.000000166.